The van der Waals surface area contributed by atoms with Gasteiger partial charge < -0.3 is 15.4 Å². The number of amides is 1. The topological polar surface area (TPSA) is 50.4 Å². The number of benzene rings is 1. The van der Waals surface area contributed by atoms with E-state index in [0.717, 1.165) is 25.1 Å². The van der Waals surface area contributed by atoms with Crippen molar-refractivity contribution in [3.8, 4) is 0 Å². The fourth-order valence-electron chi connectivity index (χ4n) is 1.79. The summed E-state index contributed by atoms with van der Waals surface area (Å²) in [7, 11) is 0. The van der Waals surface area contributed by atoms with Gasteiger partial charge in [0, 0.05) is 19.7 Å². The first-order chi connectivity index (χ1) is 9.29. The quantitative estimate of drug-likeness (QED) is 0.688. The van der Waals surface area contributed by atoms with E-state index in [1.807, 2.05) is 37.3 Å². The largest absolute Gasteiger partial charge is 0.364 e. The second kappa shape index (κ2) is 11.7. The van der Waals surface area contributed by atoms with Gasteiger partial charge in [0.05, 0.1) is 0 Å². The Balaban J connectivity index is 0.00000361. The Hall–Kier alpha value is -1.10. The van der Waals surface area contributed by atoms with Crippen LogP contribution in [0.25, 0.3) is 0 Å². The molecule has 0 bridgehead atoms. The summed E-state index contributed by atoms with van der Waals surface area (Å²) in [6.07, 6.45) is 0.580. The maximum absolute atomic E-state index is 12.1. The van der Waals surface area contributed by atoms with Gasteiger partial charge in [-0.1, -0.05) is 37.3 Å². The van der Waals surface area contributed by atoms with E-state index >= 15 is 0 Å². The number of hydrogen-bond acceptors (Lipinski definition) is 3. The first-order valence-corrected chi connectivity index (χ1v) is 6.94. The Morgan fingerprint density at radius 3 is 2.45 bits per heavy atom. The Labute approximate surface area is 127 Å². The number of halogens is 1. The molecule has 0 fully saturated rings. The van der Waals surface area contributed by atoms with Crippen LogP contribution in [0.1, 0.15) is 31.9 Å². The van der Waals surface area contributed by atoms with Crippen LogP contribution in [0.3, 0.4) is 0 Å². The fourth-order valence-corrected chi connectivity index (χ4v) is 1.79. The van der Waals surface area contributed by atoms with Crippen LogP contribution in [0.4, 0.5) is 0 Å². The SMILES string of the molecule is CCCNCCNC(=O)C(OCC)c1ccccc1.Cl. The summed E-state index contributed by atoms with van der Waals surface area (Å²) in [6, 6.07) is 9.58. The zero-order chi connectivity index (χ0) is 13.9. The molecule has 114 valence electrons. The Morgan fingerprint density at radius 2 is 1.85 bits per heavy atom. The van der Waals surface area contributed by atoms with Crippen LogP contribution in [0, 0.1) is 0 Å². The molecule has 0 radical (unpaired) electrons. The standard InChI is InChI=1S/C15H24N2O2.ClH/c1-3-10-16-11-12-17-15(18)14(19-4-2)13-8-6-5-7-9-13;/h5-9,14,16H,3-4,10-12H2,1-2H3,(H,17,18);1H. The van der Waals surface area contributed by atoms with Crippen LogP contribution in [-0.2, 0) is 9.53 Å². The van der Waals surface area contributed by atoms with Crippen molar-refractivity contribution in [2.24, 2.45) is 0 Å². The molecule has 1 rings (SSSR count). The van der Waals surface area contributed by atoms with Gasteiger partial charge in [-0.05, 0) is 25.5 Å². The highest BCUT2D eigenvalue weighted by Gasteiger charge is 2.19. The second-order valence-corrected chi connectivity index (χ2v) is 4.29. The minimum atomic E-state index is -0.516. The summed E-state index contributed by atoms with van der Waals surface area (Å²) >= 11 is 0. The molecule has 0 aliphatic heterocycles. The maximum atomic E-state index is 12.1. The molecule has 0 aromatic heterocycles. The first-order valence-electron chi connectivity index (χ1n) is 6.94. The Kier molecular flexibility index (Phi) is 11.1. The van der Waals surface area contributed by atoms with Crippen molar-refractivity contribution in [2.45, 2.75) is 26.4 Å². The number of ether oxygens (including phenoxy) is 1. The van der Waals surface area contributed by atoms with Crippen LogP contribution >= 0.6 is 12.4 Å². The lowest BCUT2D eigenvalue weighted by atomic mass is 10.1. The number of hydrogen-bond donors (Lipinski definition) is 2. The Morgan fingerprint density at radius 1 is 1.15 bits per heavy atom. The summed E-state index contributed by atoms with van der Waals surface area (Å²) in [5.74, 6) is -0.0775. The van der Waals surface area contributed by atoms with Crippen molar-refractivity contribution in [1.82, 2.24) is 10.6 Å². The summed E-state index contributed by atoms with van der Waals surface area (Å²) in [4.78, 5) is 12.1. The van der Waals surface area contributed by atoms with E-state index < -0.39 is 6.10 Å². The summed E-state index contributed by atoms with van der Waals surface area (Å²) in [5, 5.41) is 6.14. The molecule has 0 spiro atoms. The number of rotatable bonds is 9. The summed E-state index contributed by atoms with van der Waals surface area (Å²) < 4.78 is 5.54. The van der Waals surface area contributed by atoms with Crippen molar-refractivity contribution < 1.29 is 9.53 Å². The van der Waals surface area contributed by atoms with E-state index in [0.29, 0.717) is 13.2 Å². The third kappa shape index (κ3) is 6.89. The van der Waals surface area contributed by atoms with Crippen molar-refractivity contribution in [3.05, 3.63) is 35.9 Å². The molecule has 1 atom stereocenters. The van der Waals surface area contributed by atoms with Crippen molar-refractivity contribution in [1.29, 1.82) is 0 Å². The predicted octanol–water partition coefficient (Wildman–Crippen LogP) is 2.30. The van der Waals surface area contributed by atoms with Crippen LogP contribution in [0.2, 0.25) is 0 Å². The highest BCUT2D eigenvalue weighted by Crippen LogP contribution is 2.16. The van der Waals surface area contributed by atoms with E-state index in [2.05, 4.69) is 17.6 Å². The van der Waals surface area contributed by atoms with Crippen LogP contribution in [0.15, 0.2) is 30.3 Å². The lowest BCUT2D eigenvalue weighted by Gasteiger charge is -2.17. The van der Waals surface area contributed by atoms with E-state index in [-0.39, 0.29) is 18.3 Å². The van der Waals surface area contributed by atoms with Crippen molar-refractivity contribution in [3.63, 3.8) is 0 Å². The van der Waals surface area contributed by atoms with Gasteiger partial charge in [0.15, 0.2) is 6.10 Å². The van der Waals surface area contributed by atoms with Crippen LogP contribution in [-0.4, -0.2) is 32.1 Å². The van der Waals surface area contributed by atoms with Gasteiger partial charge in [-0.2, -0.15) is 0 Å². The maximum Gasteiger partial charge on any atom is 0.253 e. The molecular weight excluding hydrogens is 276 g/mol. The smallest absolute Gasteiger partial charge is 0.253 e. The van der Waals surface area contributed by atoms with E-state index in [9.17, 15) is 4.79 Å². The fraction of sp³-hybridized carbons (Fsp3) is 0.533. The molecule has 0 aliphatic rings. The lowest BCUT2D eigenvalue weighted by Crippen LogP contribution is -2.36. The third-order valence-corrected chi connectivity index (χ3v) is 2.70. The van der Waals surface area contributed by atoms with Gasteiger partial charge in [-0.3, -0.25) is 4.79 Å². The van der Waals surface area contributed by atoms with E-state index in [4.69, 9.17) is 4.74 Å². The number of nitrogens with one attached hydrogen (secondary N) is 2. The van der Waals surface area contributed by atoms with Crippen LogP contribution in [0.5, 0.6) is 0 Å². The van der Waals surface area contributed by atoms with E-state index in [1.54, 1.807) is 0 Å². The molecule has 0 aliphatic carbocycles. The molecule has 0 heterocycles. The molecule has 1 aromatic carbocycles. The predicted molar refractivity (Wildman–Crippen MR) is 84.2 cm³/mol. The lowest BCUT2D eigenvalue weighted by molar-refractivity contribution is -0.132. The minimum absolute atomic E-state index is 0. The minimum Gasteiger partial charge on any atom is -0.364 e. The molecule has 0 saturated heterocycles. The molecule has 1 amide bonds. The molecule has 5 heteroatoms. The van der Waals surface area contributed by atoms with Crippen molar-refractivity contribution >= 4 is 18.3 Å². The highest BCUT2D eigenvalue weighted by molar-refractivity contribution is 5.85. The van der Waals surface area contributed by atoms with Gasteiger partial charge in [0.2, 0.25) is 0 Å². The normalized spacial score (nSPS) is 11.5. The van der Waals surface area contributed by atoms with Crippen LogP contribution < -0.4 is 10.6 Å². The van der Waals surface area contributed by atoms with Gasteiger partial charge in [-0.25, -0.2) is 0 Å². The molecular formula is C15H25ClN2O2. The summed E-state index contributed by atoms with van der Waals surface area (Å²) in [6.45, 7) is 6.91. The molecule has 2 N–H and O–H groups in total. The molecule has 20 heavy (non-hydrogen) atoms. The average Bonchev–Trinajstić information content (AvgIpc) is 2.45. The zero-order valence-electron chi connectivity index (χ0n) is 12.2. The monoisotopic (exact) mass is 300 g/mol. The van der Waals surface area contributed by atoms with Gasteiger partial charge in [0.25, 0.3) is 5.91 Å². The van der Waals surface area contributed by atoms with Gasteiger partial charge in [0.1, 0.15) is 0 Å². The Bertz CT molecular complexity index is 360. The van der Waals surface area contributed by atoms with E-state index in [1.165, 1.54) is 0 Å². The second-order valence-electron chi connectivity index (χ2n) is 4.29. The number of carbonyl (C=O) groups excluding carboxylic acids is 1. The molecule has 1 aromatic rings. The van der Waals surface area contributed by atoms with Gasteiger partial charge >= 0.3 is 0 Å². The molecule has 1 unspecified atom stereocenters. The molecule has 0 saturated carbocycles. The highest BCUT2D eigenvalue weighted by atomic mass is 35.5. The summed E-state index contributed by atoms with van der Waals surface area (Å²) in [5.41, 5.74) is 0.892. The zero-order valence-corrected chi connectivity index (χ0v) is 13.0. The van der Waals surface area contributed by atoms with Gasteiger partial charge in [-0.15, -0.1) is 12.4 Å². The number of carbonyl (C=O) groups is 1. The first kappa shape index (κ1) is 18.9. The van der Waals surface area contributed by atoms with Crippen molar-refractivity contribution in [2.75, 3.05) is 26.2 Å². The third-order valence-electron chi connectivity index (χ3n) is 2.70. The average molecular weight is 301 g/mol. The molecule has 4 nitrogen and oxygen atoms in total.